The van der Waals surface area contributed by atoms with Gasteiger partial charge in [0.2, 0.25) is 0 Å². The highest BCUT2D eigenvalue weighted by molar-refractivity contribution is 7.99. The Bertz CT molecular complexity index is 723. The maximum Gasteiger partial charge on any atom is 0.320 e. The molecule has 132 valence electrons. The normalized spacial score (nSPS) is 17.6. The number of aliphatic carboxylic acids is 1. The molecule has 1 aliphatic rings. The van der Waals surface area contributed by atoms with Crippen LogP contribution >= 0.6 is 11.8 Å². The van der Waals surface area contributed by atoms with E-state index in [4.69, 9.17) is 4.74 Å². The Kier molecular flexibility index (Phi) is 5.94. The van der Waals surface area contributed by atoms with Crippen molar-refractivity contribution in [2.75, 3.05) is 19.7 Å². The average molecular weight is 361 g/mol. The lowest BCUT2D eigenvalue weighted by Crippen LogP contribution is -2.38. The largest absolute Gasteiger partial charge is 0.491 e. The van der Waals surface area contributed by atoms with Gasteiger partial charge in [0.05, 0.1) is 4.90 Å². The van der Waals surface area contributed by atoms with Gasteiger partial charge in [-0.15, -0.1) is 0 Å². The van der Waals surface area contributed by atoms with E-state index in [2.05, 4.69) is 0 Å². The summed E-state index contributed by atoms with van der Waals surface area (Å²) in [4.78, 5) is 15.1. The number of benzene rings is 2. The van der Waals surface area contributed by atoms with Crippen LogP contribution in [0, 0.1) is 5.82 Å². The summed E-state index contributed by atoms with van der Waals surface area (Å²) >= 11 is 1.51. The summed E-state index contributed by atoms with van der Waals surface area (Å²) in [6.45, 7) is 1.82. The summed E-state index contributed by atoms with van der Waals surface area (Å²) in [5.41, 5.74) is 0. The minimum absolute atomic E-state index is 0.257. The number of hydrogen-bond acceptors (Lipinski definition) is 4. The molecule has 2 aromatic carbocycles. The van der Waals surface area contributed by atoms with Gasteiger partial charge in [-0.05, 0) is 55.8 Å². The van der Waals surface area contributed by atoms with Crippen LogP contribution in [-0.4, -0.2) is 41.7 Å². The molecule has 0 unspecified atom stereocenters. The lowest BCUT2D eigenvalue weighted by Gasteiger charge is -2.21. The molecule has 6 heteroatoms. The van der Waals surface area contributed by atoms with Crippen molar-refractivity contribution in [3.05, 3.63) is 54.3 Å². The quantitative estimate of drug-likeness (QED) is 0.810. The van der Waals surface area contributed by atoms with Gasteiger partial charge in [0.15, 0.2) is 0 Å². The van der Waals surface area contributed by atoms with Gasteiger partial charge in [-0.1, -0.05) is 23.9 Å². The van der Waals surface area contributed by atoms with Crippen molar-refractivity contribution in [3.63, 3.8) is 0 Å². The standard InChI is InChI=1S/C19H20FNO3S/c20-14-7-9-15(10-8-14)25-18-6-2-1-5-17(18)24-13-12-21-11-3-4-16(21)19(22)23/h1-2,5-10,16H,3-4,11-13H2,(H,22,23)/t16-/m0/s1. The van der Waals surface area contributed by atoms with E-state index in [0.29, 0.717) is 19.6 Å². The van der Waals surface area contributed by atoms with E-state index in [9.17, 15) is 14.3 Å². The molecular weight excluding hydrogens is 341 g/mol. The second-order valence-electron chi connectivity index (χ2n) is 5.88. The van der Waals surface area contributed by atoms with Crippen molar-refractivity contribution in [2.24, 2.45) is 0 Å². The molecule has 0 aliphatic carbocycles. The molecule has 1 heterocycles. The summed E-state index contributed by atoms with van der Waals surface area (Å²) in [5, 5.41) is 9.22. The van der Waals surface area contributed by atoms with Crippen LogP contribution in [0.4, 0.5) is 4.39 Å². The van der Waals surface area contributed by atoms with Gasteiger partial charge < -0.3 is 9.84 Å². The third-order valence-corrected chi connectivity index (χ3v) is 5.24. The lowest BCUT2D eigenvalue weighted by molar-refractivity contribution is -0.142. The fourth-order valence-corrected chi connectivity index (χ4v) is 3.83. The number of carboxylic acid groups (broad SMARTS) is 1. The van der Waals surface area contributed by atoms with Gasteiger partial charge in [-0.3, -0.25) is 9.69 Å². The molecule has 25 heavy (non-hydrogen) atoms. The third kappa shape index (κ3) is 4.74. The third-order valence-electron chi connectivity index (χ3n) is 4.18. The highest BCUT2D eigenvalue weighted by Gasteiger charge is 2.29. The molecule has 3 rings (SSSR count). The van der Waals surface area contributed by atoms with E-state index in [1.54, 1.807) is 12.1 Å². The van der Waals surface area contributed by atoms with Crippen LogP contribution in [0.25, 0.3) is 0 Å². The number of nitrogens with zero attached hydrogens (tertiary/aromatic N) is 1. The molecule has 0 radical (unpaired) electrons. The molecule has 2 aromatic rings. The maximum absolute atomic E-state index is 13.0. The van der Waals surface area contributed by atoms with Crippen molar-refractivity contribution in [1.82, 2.24) is 4.90 Å². The van der Waals surface area contributed by atoms with Crippen LogP contribution in [-0.2, 0) is 4.79 Å². The summed E-state index contributed by atoms with van der Waals surface area (Å²) in [6.07, 6.45) is 1.61. The first-order valence-corrected chi connectivity index (χ1v) is 9.07. The van der Waals surface area contributed by atoms with Gasteiger partial charge in [-0.25, -0.2) is 4.39 Å². The Hall–Kier alpha value is -2.05. The van der Waals surface area contributed by atoms with E-state index in [-0.39, 0.29) is 5.82 Å². The number of ether oxygens (including phenoxy) is 1. The lowest BCUT2D eigenvalue weighted by atomic mass is 10.2. The van der Waals surface area contributed by atoms with Crippen LogP contribution < -0.4 is 4.74 Å². The molecular formula is C19H20FNO3S. The van der Waals surface area contributed by atoms with E-state index < -0.39 is 12.0 Å². The molecule has 0 bridgehead atoms. The molecule has 0 spiro atoms. The van der Waals surface area contributed by atoms with Gasteiger partial charge in [-0.2, -0.15) is 0 Å². The zero-order chi connectivity index (χ0) is 17.6. The summed E-state index contributed by atoms with van der Waals surface area (Å²) < 4.78 is 18.9. The number of carboxylic acids is 1. The predicted molar refractivity (Wildman–Crippen MR) is 94.7 cm³/mol. The SMILES string of the molecule is O=C(O)[C@@H]1CCCN1CCOc1ccccc1Sc1ccc(F)cc1. The van der Waals surface area contributed by atoms with Crippen LogP contribution in [0.5, 0.6) is 5.75 Å². The Morgan fingerprint density at radius 1 is 1.24 bits per heavy atom. The zero-order valence-electron chi connectivity index (χ0n) is 13.7. The van der Waals surface area contributed by atoms with E-state index in [0.717, 1.165) is 28.5 Å². The molecule has 1 fully saturated rings. The molecule has 1 saturated heterocycles. The van der Waals surface area contributed by atoms with Crippen LogP contribution in [0.15, 0.2) is 58.3 Å². The fourth-order valence-electron chi connectivity index (χ4n) is 2.93. The van der Waals surface area contributed by atoms with Crippen LogP contribution in [0.3, 0.4) is 0 Å². The summed E-state index contributed by atoms with van der Waals surface area (Å²) in [6, 6.07) is 13.6. The van der Waals surface area contributed by atoms with Gasteiger partial charge in [0, 0.05) is 11.4 Å². The average Bonchev–Trinajstić information content (AvgIpc) is 3.07. The number of hydrogen-bond donors (Lipinski definition) is 1. The molecule has 1 aliphatic heterocycles. The van der Waals surface area contributed by atoms with Crippen molar-refractivity contribution in [3.8, 4) is 5.75 Å². The molecule has 4 nitrogen and oxygen atoms in total. The highest BCUT2D eigenvalue weighted by Crippen LogP contribution is 2.34. The number of para-hydroxylation sites is 1. The topological polar surface area (TPSA) is 49.8 Å². The molecule has 0 amide bonds. The van der Waals surface area contributed by atoms with Gasteiger partial charge in [0.25, 0.3) is 0 Å². The smallest absolute Gasteiger partial charge is 0.320 e. The van der Waals surface area contributed by atoms with Crippen molar-refractivity contribution in [2.45, 2.75) is 28.7 Å². The van der Waals surface area contributed by atoms with Crippen molar-refractivity contribution in [1.29, 1.82) is 0 Å². The summed E-state index contributed by atoms with van der Waals surface area (Å²) in [5.74, 6) is -0.264. The van der Waals surface area contributed by atoms with Crippen LogP contribution in [0.1, 0.15) is 12.8 Å². The van der Waals surface area contributed by atoms with Crippen LogP contribution in [0.2, 0.25) is 0 Å². The Balaban J connectivity index is 1.59. The van der Waals surface area contributed by atoms with Crippen molar-refractivity contribution >= 4 is 17.7 Å². The molecule has 0 saturated carbocycles. The number of halogens is 1. The fraction of sp³-hybridized carbons (Fsp3) is 0.316. The molecule has 1 atom stereocenters. The number of likely N-dealkylation sites (tertiary alicyclic amines) is 1. The molecule has 1 N–H and O–H groups in total. The van der Waals surface area contributed by atoms with E-state index in [1.807, 2.05) is 29.2 Å². The predicted octanol–water partition coefficient (Wildman–Crippen LogP) is 3.90. The Morgan fingerprint density at radius 2 is 2.00 bits per heavy atom. The second-order valence-corrected chi connectivity index (χ2v) is 7.00. The first kappa shape index (κ1) is 17.8. The second kappa shape index (κ2) is 8.36. The zero-order valence-corrected chi connectivity index (χ0v) is 14.5. The monoisotopic (exact) mass is 361 g/mol. The Labute approximate surface area is 150 Å². The maximum atomic E-state index is 13.0. The number of carbonyl (C=O) groups is 1. The first-order valence-electron chi connectivity index (χ1n) is 8.25. The Morgan fingerprint density at radius 3 is 2.76 bits per heavy atom. The highest BCUT2D eigenvalue weighted by atomic mass is 32.2. The van der Waals surface area contributed by atoms with Gasteiger partial charge in [0.1, 0.15) is 24.2 Å². The van der Waals surface area contributed by atoms with Crippen molar-refractivity contribution < 1.29 is 19.0 Å². The summed E-state index contributed by atoms with van der Waals surface area (Å²) in [7, 11) is 0. The molecule has 0 aromatic heterocycles. The van der Waals surface area contributed by atoms with E-state index >= 15 is 0 Å². The minimum Gasteiger partial charge on any atom is -0.491 e. The first-order chi connectivity index (χ1) is 12.1. The van der Waals surface area contributed by atoms with Gasteiger partial charge >= 0.3 is 5.97 Å². The number of rotatable bonds is 7. The minimum atomic E-state index is -0.759. The van der Waals surface area contributed by atoms with E-state index in [1.165, 1.54) is 23.9 Å².